The lowest BCUT2D eigenvalue weighted by molar-refractivity contribution is -0.138. The zero-order chi connectivity index (χ0) is 14.2. The third kappa shape index (κ3) is 2.32. The van der Waals surface area contributed by atoms with Crippen LogP contribution in [-0.2, 0) is 11.2 Å². The van der Waals surface area contributed by atoms with E-state index in [-0.39, 0.29) is 0 Å². The van der Waals surface area contributed by atoms with Gasteiger partial charge in [0, 0.05) is 23.0 Å². The normalized spacial score (nSPS) is 12.8. The second kappa shape index (κ2) is 4.99. The molecule has 1 unspecified atom stereocenters. The highest BCUT2D eigenvalue weighted by molar-refractivity contribution is 5.76. The monoisotopic (exact) mass is 261 g/mol. The summed E-state index contributed by atoms with van der Waals surface area (Å²) in [6.07, 6.45) is 1.94. The van der Waals surface area contributed by atoms with E-state index in [0.717, 1.165) is 41.1 Å². The van der Waals surface area contributed by atoms with E-state index < -0.39 is 11.9 Å². The average Bonchev–Trinajstić information content (AvgIpc) is 2.72. The Morgan fingerprint density at radius 3 is 2.74 bits per heavy atom. The number of hydrogen-bond acceptors (Lipinski definition) is 3. The maximum absolute atomic E-state index is 11.2. The highest BCUT2D eigenvalue weighted by Gasteiger charge is 2.21. The minimum absolute atomic E-state index is 0.573. The van der Waals surface area contributed by atoms with Gasteiger partial charge in [-0.1, -0.05) is 13.3 Å². The van der Waals surface area contributed by atoms with Crippen LogP contribution in [-0.4, -0.2) is 25.7 Å². The number of carbonyl (C=O) groups is 1. The van der Waals surface area contributed by atoms with Crippen molar-refractivity contribution in [3.05, 3.63) is 28.7 Å². The fraction of sp³-hybridized carbons (Fsp3) is 0.500. The first-order chi connectivity index (χ1) is 8.95. The Kier molecular flexibility index (Phi) is 3.55. The van der Waals surface area contributed by atoms with Gasteiger partial charge in [0.15, 0.2) is 5.65 Å². The molecule has 2 aromatic rings. The molecule has 0 saturated heterocycles. The van der Waals surface area contributed by atoms with Crippen molar-refractivity contribution in [2.45, 2.75) is 46.5 Å². The first-order valence-corrected chi connectivity index (χ1v) is 6.54. The van der Waals surface area contributed by atoms with E-state index in [0.29, 0.717) is 0 Å². The predicted molar refractivity (Wildman–Crippen MR) is 72.5 cm³/mol. The van der Waals surface area contributed by atoms with Gasteiger partial charge in [0.1, 0.15) is 0 Å². The van der Waals surface area contributed by atoms with Crippen molar-refractivity contribution in [3.8, 4) is 0 Å². The Labute approximate surface area is 112 Å². The van der Waals surface area contributed by atoms with Crippen LogP contribution >= 0.6 is 0 Å². The molecule has 2 rings (SSSR count). The second-order valence-electron chi connectivity index (χ2n) is 4.91. The van der Waals surface area contributed by atoms with Gasteiger partial charge in [-0.05, 0) is 27.2 Å². The van der Waals surface area contributed by atoms with Crippen LogP contribution in [0.15, 0.2) is 6.07 Å². The molecule has 1 atom stereocenters. The number of carboxylic acids is 1. The first kappa shape index (κ1) is 13.5. The summed E-state index contributed by atoms with van der Waals surface area (Å²) >= 11 is 0. The van der Waals surface area contributed by atoms with Crippen molar-refractivity contribution in [2.75, 3.05) is 0 Å². The Hall–Kier alpha value is -1.91. The molecule has 0 amide bonds. The number of aliphatic carboxylic acids is 1. The van der Waals surface area contributed by atoms with Crippen LogP contribution in [0.2, 0.25) is 0 Å². The molecule has 0 aliphatic rings. The second-order valence-corrected chi connectivity index (χ2v) is 4.91. The Morgan fingerprint density at radius 1 is 1.47 bits per heavy atom. The maximum atomic E-state index is 11.2. The van der Waals surface area contributed by atoms with Gasteiger partial charge in [0.2, 0.25) is 0 Å². The molecule has 5 nitrogen and oxygen atoms in total. The number of rotatable bonds is 4. The molecule has 2 aromatic heterocycles. The smallest absolute Gasteiger partial charge is 0.310 e. The molecule has 0 aliphatic heterocycles. The summed E-state index contributed by atoms with van der Waals surface area (Å²) in [7, 11) is 0. The Balaban J connectivity index is 2.63. The SMILES string of the molecule is CCCc1cc2nc(C)c(C(C)C(=O)O)c(C)n2n1. The molecule has 1 N–H and O–H groups in total. The zero-order valence-corrected chi connectivity index (χ0v) is 11.8. The van der Waals surface area contributed by atoms with Crippen molar-refractivity contribution in [2.24, 2.45) is 0 Å². The van der Waals surface area contributed by atoms with E-state index >= 15 is 0 Å². The molecular weight excluding hydrogens is 242 g/mol. The topological polar surface area (TPSA) is 67.5 Å². The highest BCUT2D eigenvalue weighted by atomic mass is 16.4. The summed E-state index contributed by atoms with van der Waals surface area (Å²) in [5.74, 6) is -1.41. The van der Waals surface area contributed by atoms with E-state index in [1.165, 1.54) is 0 Å². The van der Waals surface area contributed by atoms with Crippen molar-refractivity contribution in [3.63, 3.8) is 0 Å². The maximum Gasteiger partial charge on any atom is 0.310 e. The van der Waals surface area contributed by atoms with Crippen LogP contribution in [0.3, 0.4) is 0 Å². The first-order valence-electron chi connectivity index (χ1n) is 6.54. The van der Waals surface area contributed by atoms with E-state index in [1.54, 1.807) is 11.4 Å². The minimum atomic E-state index is -0.840. The van der Waals surface area contributed by atoms with Crippen LogP contribution in [0.4, 0.5) is 0 Å². The summed E-state index contributed by atoms with van der Waals surface area (Å²) in [6.45, 7) is 7.54. The summed E-state index contributed by atoms with van der Waals surface area (Å²) in [5, 5.41) is 13.7. The highest BCUT2D eigenvalue weighted by Crippen LogP contribution is 2.24. The standard InChI is InChI=1S/C14H19N3O2/c1-5-6-11-7-12-15-9(3)13(8(2)14(18)19)10(4)17(12)16-11/h7-8H,5-6H2,1-4H3,(H,18,19). The van der Waals surface area contributed by atoms with Crippen LogP contribution < -0.4 is 0 Å². The lowest BCUT2D eigenvalue weighted by atomic mass is 9.98. The molecular formula is C14H19N3O2. The van der Waals surface area contributed by atoms with Crippen LogP contribution in [0.1, 0.15) is 48.8 Å². The van der Waals surface area contributed by atoms with Gasteiger partial charge in [0.25, 0.3) is 0 Å². The van der Waals surface area contributed by atoms with E-state index in [1.807, 2.05) is 19.9 Å². The van der Waals surface area contributed by atoms with Crippen LogP contribution in [0.5, 0.6) is 0 Å². The summed E-state index contributed by atoms with van der Waals surface area (Å²) in [4.78, 5) is 15.7. The molecule has 0 aromatic carbocycles. The Morgan fingerprint density at radius 2 is 2.16 bits per heavy atom. The van der Waals surface area contributed by atoms with E-state index in [2.05, 4.69) is 17.0 Å². The molecule has 0 bridgehead atoms. The fourth-order valence-corrected chi connectivity index (χ4v) is 2.48. The summed E-state index contributed by atoms with van der Waals surface area (Å²) < 4.78 is 1.76. The third-order valence-electron chi connectivity index (χ3n) is 3.43. The Bertz CT molecular complexity index is 631. The molecule has 5 heteroatoms. The minimum Gasteiger partial charge on any atom is -0.481 e. The number of aromatic nitrogens is 3. The fourth-order valence-electron chi connectivity index (χ4n) is 2.48. The summed E-state index contributed by atoms with van der Waals surface area (Å²) in [5.41, 5.74) is 4.17. The van der Waals surface area contributed by atoms with Gasteiger partial charge in [-0.2, -0.15) is 5.10 Å². The lowest BCUT2D eigenvalue weighted by Gasteiger charge is -2.14. The molecule has 0 fully saturated rings. The van der Waals surface area contributed by atoms with Gasteiger partial charge in [-0.3, -0.25) is 4.79 Å². The molecule has 0 aliphatic carbocycles. The number of hydrogen-bond donors (Lipinski definition) is 1. The number of aryl methyl sites for hydroxylation is 3. The molecule has 0 spiro atoms. The van der Waals surface area contributed by atoms with Crippen molar-refractivity contribution in [1.29, 1.82) is 0 Å². The van der Waals surface area contributed by atoms with Gasteiger partial charge in [-0.15, -0.1) is 0 Å². The van der Waals surface area contributed by atoms with Crippen molar-refractivity contribution < 1.29 is 9.90 Å². The quantitative estimate of drug-likeness (QED) is 0.918. The van der Waals surface area contributed by atoms with E-state index in [4.69, 9.17) is 0 Å². The molecule has 0 radical (unpaired) electrons. The molecule has 102 valence electrons. The van der Waals surface area contributed by atoms with Gasteiger partial charge in [-0.25, -0.2) is 9.50 Å². The van der Waals surface area contributed by atoms with Gasteiger partial charge >= 0.3 is 5.97 Å². The van der Waals surface area contributed by atoms with Gasteiger partial charge in [0.05, 0.1) is 11.6 Å². The van der Waals surface area contributed by atoms with Gasteiger partial charge < -0.3 is 5.11 Å². The number of carboxylic acid groups (broad SMARTS) is 1. The number of nitrogens with zero attached hydrogens (tertiary/aromatic N) is 3. The van der Waals surface area contributed by atoms with Crippen LogP contribution in [0, 0.1) is 13.8 Å². The van der Waals surface area contributed by atoms with E-state index in [9.17, 15) is 9.90 Å². The molecule has 0 saturated carbocycles. The average molecular weight is 261 g/mol. The number of fused-ring (bicyclic) bond motifs is 1. The zero-order valence-electron chi connectivity index (χ0n) is 11.8. The summed E-state index contributed by atoms with van der Waals surface area (Å²) in [6, 6.07) is 1.97. The molecule has 2 heterocycles. The third-order valence-corrected chi connectivity index (χ3v) is 3.43. The van der Waals surface area contributed by atoms with Crippen LogP contribution in [0.25, 0.3) is 5.65 Å². The predicted octanol–water partition coefficient (Wildman–Crippen LogP) is 2.49. The lowest BCUT2D eigenvalue weighted by Crippen LogP contribution is -2.14. The van der Waals surface area contributed by atoms with Crippen molar-refractivity contribution in [1.82, 2.24) is 14.6 Å². The largest absolute Gasteiger partial charge is 0.481 e. The molecule has 19 heavy (non-hydrogen) atoms. The van der Waals surface area contributed by atoms with Crippen molar-refractivity contribution >= 4 is 11.6 Å².